The first-order valence-corrected chi connectivity index (χ1v) is 11.3. The maximum Gasteiger partial charge on any atom is 0.262 e. The SMILES string of the molecule is O=C1CCC(N2C(=O)c3cccc(CNC[C@@H]4CCNC[C@@H]4C4CC4)c3C2=O)C(=O)N1. The molecule has 1 aromatic rings. The average molecular weight is 425 g/mol. The summed E-state index contributed by atoms with van der Waals surface area (Å²) in [4.78, 5) is 50.9. The van der Waals surface area contributed by atoms with Gasteiger partial charge in [0.2, 0.25) is 11.8 Å². The zero-order valence-corrected chi connectivity index (χ0v) is 17.5. The molecule has 1 unspecified atom stereocenters. The van der Waals surface area contributed by atoms with Crippen LogP contribution in [-0.2, 0) is 16.1 Å². The van der Waals surface area contributed by atoms with E-state index < -0.39 is 23.8 Å². The molecule has 3 fully saturated rings. The molecule has 0 radical (unpaired) electrons. The van der Waals surface area contributed by atoms with Gasteiger partial charge in [0.15, 0.2) is 0 Å². The third-order valence-corrected chi connectivity index (χ3v) is 7.18. The van der Waals surface area contributed by atoms with Crippen LogP contribution in [0.1, 0.15) is 58.4 Å². The second-order valence-electron chi connectivity index (χ2n) is 9.17. The van der Waals surface area contributed by atoms with Crippen LogP contribution in [0.4, 0.5) is 0 Å². The number of nitrogens with one attached hydrogen (secondary N) is 3. The van der Waals surface area contributed by atoms with Crippen molar-refractivity contribution in [3.8, 4) is 0 Å². The predicted octanol–water partition coefficient (Wildman–Crippen LogP) is 0.813. The van der Waals surface area contributed by atoms with Crippen molar-refractivity contribution in [2.24, 2.45) is 17.8 Å². The van der Waals surface area contributed by atoms with E-state index in [9.17, 15) is 19.2 Å². The van der Waals surface area contributed by atoms with E-state index >= 15 is 0 Å². The van der Waals surface area contributed by atoms with Gasteiger partial charge >= 0.3 is 0 Å². The van der Waals surface area contributed by atoms with E-state index in [-0.39, 0.29) is 18.7 Å². The Morgan fingerprint density at radius 3 is 2.65 bits per heavy atom. The zero-order valence-electron chi connectivity index (χ0n) is 17.5. The second kappa shape index (κ2) is 8.16. The Morgan fingerprint density at radius 1 is 1.03 bits per heavy atom. The van der Waals surface area contributed by atoms with Crippen molar-refractivity contribution < 1.29 is 19.2 Å². The van der Waals surface area contributed by atoms with E-state index in [4.69, 9.17) is 0 Å². The summed E-state index contributed by atoms with van der Waals surface area (Å²) in [6.45, 7) is 3.54. The number of hydrogen-bond donors (Lipinski definition) is 3. The molecule has 1 aliphatic carbocycles. The number of carbonyl (C=O) groups excluding carboxylic acids is 4. The lowest BCUT2D eigenvalue weighted by atomic mass is 9.83. The number of nitrogens with zero attached hydrogens (tertiary/aromatic N) is 1. The minimum atomic E-state index is -0.931. The molecule has 8 heteroatoms. The molecule has 8 nitrogen and oxygen atoms in total. The lowest BCUT2D eigenvalue weighted by Crippen LogP contribution is -2.54. The van der Waals surface area contributed by atoms with Gasteiger partial charge in [-0.05, 0) is 74.7 Å². The first-order valence-electron chi connectivity index (χ1n) is 11.3. The average Bonchev–Trinajstić information content (AvgIpc) is 3.57. The topological polar surface area (TPSA) is 108 Å². The van der Waals surface area contributed by atoms with Crippen molar-refractivity contribution in [2.45, 2.75) is 44.7 Å². The van der Waals surface area contributed by atoms with Crippen molar-refractivity contribution >= 4 is 23.6 Å². The van der Waals surface area contributed by atoms with Crippen LogP contribution < -0.4 is 16.0 Å². The first kappa shape index (κ1) is 20.3. The van der Waals surface area contributed by atoms with Crippen LogP contribution in [0.15, 0.2) is 18.2 Å². The number of carbonyl (C=O) groups is 4. The van der Waals surface area contributed by atoms with E-state index in [1.165, 1.54) is 12.8 Å². The number of benzene rings is 1. The monoisotopic (exact) mass is 424 g/mol. The number of hydrogen-bond acceptors (Lipinski definition) is 6. The Morgan fingerprint density at radius 2 is 1.87 bits per heavy atom. The summed E-state index contributed by atoms with van der Waals surface area (Å²) >= 11 is 0. The number of amides is 4. The van der Waals surface area contributed by atoms with E-state index in [0.717, 1.165) is 42.4 Å². The van der Waals surface area contributed by atoms with Gasteiger partial charge in [-0.15, -0.1) is 0 Å². The molecule has 4 aliphatic rings. The van der Waals surface area contributed by atoms with Crippen LogP contribution in [-0.4, -0.2) is 54.2 Å². The Balaban J connectivity index is 1.29. The molecule has 3 aliphatic heterocycles. The highest BCUT2D eigenvalue weighted by molar-refractivity contribution is 6.24. The highest BCUT2D eigenvalue weighted by Gasteiger charge is 2.45. The smallest absolute Gasteiger partial charge is 0.262 e. The Bertz CT molecular complexity index is 942. The van der Waals surface area contributed by atoms with Crippen LogP contribution >= 0.6 is 0 Å². The number of piperidine rings is 2. The highest BCUT2D eigenvalue weighted by Crippen LogP contribution is 2.42. The lowest BCUT2D eigenvalue weighted by Gasteiger charge is -2.32. The van der Waals surface area contributed by atoms with E-state index in [2.05, 4.69) is 16.0 Å². The van der Waals surface area contributed by atoms with Crippen LogP contribution in [0.5, 0.6) is 0 Å². The van der Waals surface area contributed by atoms with Crippen LogP contribution in [0.3, 0.4) is 0 Å². The summed E-state index contributed by atoms with van der Waals surface area (Å²) in [5.74, 6) is 0.347. The fourth-order valence-electron chi connectivity index (χ4n) is 5.39. The molecule has 0 bridgehead atoms. The molecular weight excluding hydrogens is 396 g/mol. The van der Waals surface area contributed by atoms with Gasteiger partial charge in [0, 0.05) is 13.0 Å². The molecule has 164 valence electrons. The van der Waals surface area contributed by atoms with Gasteiger partial charge in [0.05, 0.1) is 11.1 Å². The van der Waals surface area contributed by atoms with Gasteiger partial charge in [-0.25, -0.2) is 0 Å². The maximum absolute atomic E-state index is 13.2. The van der Waals surface area contributed by atoms with E-state index in [0.29, 0.717) is 29.5 Å². The molecule has 1 saturated carbocycles. The summed E-state index contributed by atoms with van der Waals surface area (Å²) in [6.07, 6.45) is 4.12. The van der Waals surface area contributed by atoms with Gasteiger partial charge in [0.1, 0.15) is 6.04 Å². The number of rotatable bonds is 6. The molecule has 2 saturated heterocycles. The first-order chi connectivity index (χ1) is 15.0. The minimum Gasteiger partial charge on any atom is -0.316 e. The quantitative estimate of drug-likeness (QED) is 0.584. The molecule has 31 heavy (non-hydrogen) atoms. The number of imide groups is 2. The molecule has 1 aromatic carbocycles. The van der Waals surface area contributed by atoms with Gasteiger partial charge in [0.25, 0.3) is 11.8 Å². The third kappa shape index (κ3) is 3.78. The molecule has 4 amide bonds. The van der Waals surface area contributed by atoms with Gasteiger partial charge in [-0.1, -0.05) is 12.1 Å². The molecule has 5 rings (SSSR count). The van der Waals surface area contributed by atoms with Crippen LogP contribution in [0.25, 0.3) is 0 Å². The normalized spacial score (nSPS) is 28.6. The summed E-state index contributed by atoms with van der Waals surface area (Å²) in [5.41, 5.74) is 1.50. The van der Waals surface area contributed by atoms with Crippen LogP contribution in [0.2, 0.25) is 0 Å². The second-order valence-corrected chi connectivity index (χ2v) is 9.17. The zero-order chi connectivity index (χ0) is 21.5. The molecule has 0 spiro atoms. The highest BCUT2D eigenvalue weighted by atomic mass is 16.2. The molecule has 3 atom stereocenters. The van der Waals surface area contributed by atoms with Crippen LogP contribution in [0, 0.1) is 17.8 Å². The van der Waals surface area contributed by atoms with Gasteiger partial charge in [-0.2, -0.15) is 0 Å². The third-order valence-electron chi connectivity index (χ3n) is 7.18. The van der Waals surface area contributed by atoms with Crippen molar-refractivity contribution in [3.63, 3.8) is 0 Å². The predicted molar refractivity (Wildman–Crippen MR) is 112 cm³/mol. The van der Waals surface area contributed by atoms with Crippen molar-refractivity contribution in [1.82, 2.24) is 20.9 Å². The van der Waals surface area contributed by atoms with Crippen molar-refractivity contribution in [1.29, 1.82) is 0 Å². The Kier molecular flexibility index (Phi) is 5.35. The van der Waals surface area contributed by atoms with E-state index in [1.54, 1.807) is 12.1 Å². The van der Waals surface area contributed by atoms with Crippen molar-refractivity contribution in [3.05, 3.63) is 34.9 Å². The Labute approximate surface area is 181 Å². The summed E-state index contributed by atoms with van der Waals surface area (Å²) < 4.78 is 0. The summed E-state index contributed by atoms with van der Waals surface area (Å²) in [5, 5.41) is 9.27. The standard InChI is InChI=1S/C23H28N4O4/c28-19-7-6-18(21(29)26-19)27-22(30)16-3-1-2-15(20(16)23(27)31)11-25-10-14-8-9-24-12-17(14)13-4-5-13/h1-3,13-14,17-18,24-25H,4-12H2,(H,26,28,29)/t14-,17+,18?/m0/s1. The summed E-state index contributed by atoms with van der Waals surface area (Å²) in [6, 6.07) is 4.36. The summed E-state index contributed by atoms with van der Waals surface area (Å²) in [7, 11) is 0. The number of fused-ring (bicyclic) bond motifs is 1. The fraction of sp³-hybridized carbons (Fsp3) is 0.565. The minimum absolute atomic E-state index is 0.122. The van der Waals surface area contributed by atoms with Crippen molar-refractivity contribution in [2.75, 3.05) is 19.6 Å². The lowest BCUT2D eigenvalue weighted by molar-refractivity contribution is -0.136. The Hall–Kier alpha value is -2.58. The molecular formula is C23H28N4O4. The molecule has 3 N–H and O–H groups in total. The van der Waals surface area contributed by atoms with E-state index in [1.807, 2.05) is 6.07 Å². The fourth-order valence-corrected chi connectivity index (χ4v) is 5.39. The molecule has 0 aromatic heterocycles. The van der Waals surface area contributed by atoms with Gasteiger partial charge in [-0.3, -0.25) is 29.4 Å². The molecule has 3 heterocycles. The van der Waals surface area contributed by atoms with Gasteiger partial charge < -0.3 is 10.6 Å². The largest absolute Gasteiger partial charge is 0.316 e. The maximum atomic E-state index is 13.2.